The molecule has 0 radical (unpaired) electrons. The van der Waals surface area contributed by atoms with E-state index < -0.39 is 47.9 Å². The van der Waals surface area contributed by atoms with E-state index in [0.717, 1.165) is 0 Å². The normalized spacial score (nSPS) is 14.9. The molecule has 2 aromatic rings. The Bertz CT molecular complexity index is 1080. The van der Waals surface area contributed by atoms with Crippen molar-refractivity contribution in [3.8, 4) is 5.75 Å². The Morgan fingerprint density at radius 1 is 1.00 bits per heavy atom. The van der Waals surface area contributed by atoms with Gasteiger partial charge in [0.15, 0.2) is 0 Å². The predicted octanol–water partition coefficient (Wildman–Crippen LogP) is 0.566. The van der Waals surface area contributed by atoms with Crippen molar-refractivity contribution < 1.29 is 29.4 Å². The van der Waals surface area contributed by atoms with Gasteiger partial charge in [0.1, 0.15) is 23.9 Å². The number of imidazole rings is 1. The van der Waals surface area contributed by atoms with Gasteiger partial charge in [-0.25, -0.2) is 9.78 Å². The molecule has 13 heteroatoms. The lowest BCUT2D eigenvalue weighted by Gasteiger charge is -2.26. The van der Waals surface area contributed by atoms with Crippen molar-refractivity contribution in [3.63, 3.8) is 0 Å². The number of benzene rings is 1. The summed E-state index contributed by atoms with van der Waals surface area (Å²) >= 11 is 1.50. The lowest BCUT2D eigenvalue weighted by Crippen LogP contribution is -2.58. The number of H-pyrrole nitrogens is 1. The van der Waals surface area contributed by atoms with Gasteiger partial charge in [-0.3, -0.25) is 14.4 Å². The molecule has 0 saturated carbocycles. The number of aliphatic carboxylic acids is 1. The lowest BCUT2D eigenvalue weighted by molar-refractivity contribution is -0.142. The second-order valence-corrected chi connectivity index (χ2v) is 10.4. The Morgan fingerprint density at radius 2 is 1.62 bits per heavy atom. The number of nitrogens with one attached hydrogen (secondary N) is 4. The van der Waals surface area contributed by atoms with E-state index >= 15 is 0 Å². The number of amides is 3. The zero-order valence-corrected chi connectivity index (χ0v) is 23.2. The standard InChI is InChI=1S/C26H38N6O6S/c1-4-15(2)22(27)25(36)30-19(9-10-39-3)23(34)31-20(12-17-13-28-14-29-17)24(35)32-21(26(37)38)11-16-5-7-18(33)8-6-16/h5-8,13-15,19-22,33H,4,9-12,27H2,1-3H3,(H,28,29)(H,30,36)(H,31,34)(H,32,35)(H,37,38). The molecule has 5 unspecified atom stereocenters. The maximum atomic E-state index is 13.3. The van der Waals surface area contributed by atoms with Crippen LogP contribution < -0.4 is 21.7 Å². The van der Waals surface area contributed by atoms with Crippen LogP contribution >= 0.6 is 11.8 Å². The highest BCUT2D eigenvalue weighted by atomic mass is 32.2. The van der Waals surface area contributed by atoms with Gasteiger partial charge >= 0.3 is 5.97 Å². The summed E-state index contributed by atoms with van der Waals surface area (Å²) in [5.41, 5.74) is 7.18. The molecular weight excluding hydrogens is 524 g/mol. The Morgan fingerprint density at radius 3 is 2.18 bits per heavy atom. The van der Waals surface area contributed by atoms with Crippen LogP contribution in [0.2, 0.25) is 0 Å². The van der Waals surface area contributed by atoms with Gasteiger partial charge in [0, 0.05) is 24.7 Å². The number of phenols is 1. The Labute approximate surface area is 231 Å². The number of hydrogen-bond donors (Lipinski definition) is 7. The van der Waals surface area contributed by atoms with Gasteiger partial charge in [0.05, 0.1) is 12.4 Å². The highest BCUT2D eigenvalue weighted by molar-refractivity contribution is 7.98. The smallest absolute Gasteiger partial charge is 0.326 e. The largest absolute Gasteiger partial charge is 0.508 e. The van der Waals surface area contributed by atoms with Crippen molar-refractivity contribution in [2.45, 2.75) is 63.7 Å². The summed E-state index contributed by atoms with van der Waals surface area (Å²) in [4.78, 5) is 58.1. The monoisotopic (exact) mass is 562 g/mol. The summed E-state index contributed by atoms with van der Waals surface area (Å²) in [5.74, 6) is -2.50. The molecule has 0 aliphatic carbocycles. The molecule has 8 N–H and O–H groups in total. The van der Waals surface area contributed by atoms with E-state index in [1.165, 1.54) is 36.4 Å². The van der Waals surface area contributed by atoms with Crippen LogP contribution in [-0.2, 0) is 32.0 Å². The van der Waals surface area contributed by atoms with Gasteiger partial charge in [-0.05, 0) is 42.0 Å². The molecule has 1 aromatic carbocycles. The van der Waals surface area contributed by atoms with E-state index in [1.807, 2.05) is 20.1 Å². The van der Waals surface area contributed by atoms with Crippen LogP contribution in [0, 0.1) is 5.92 Å². The number of phenolic OH excluding ortho intramolecular Hbond substituents is 1. The van der Waals surface area contributed by atoms with Crippen molar-refractivity contribution >= 4 is 35.5 Å². The van der Waals surface area contributed by atoms with Crippen molar-refractivity contribution in [2.75, 3.05) is 12.0 Å². The summed E-state index contributed by atoms with van der Waals surface area (Å²) in [6.07, 6.45) is 5.77. The van der Waals surface area contributed by atoms with Gasteiger partial charge in [-0.2, -0.15) is 11.8 Å². The van der Waals surface area contributed by atoms with Gasteiger partial charge < -0.3 is 36.9 Å². The fourth-order valence-electron chi connectivity index (χ4n) is 3.72. The fourth-order valence-corrected chi connectivity index (χ4v) is 4.19. The number of carboxylic acids is 1. The zero-order valence-electron chi connectivity index (χ0n) is 22.3. The molecule has 0 spiro atoms. The topological polar surface area (TPSA) is 200 Å². The van der Waals surface area contributed by atoms with Gasteiger partial charge in [0.25, 0.3) is 0 Å². The molecule has 1 aromatic heterocycles. The van der Waals surface area contributed by atoms with Crippen molar-refractivity contribution in [1.29, 1.82) is 0 Å². The molecule has 0 aliphatic rings. The molecule has 0 aliphatic heterocycles. The second kappa shape index (κ2) is 15.7. The fraction of sp³-hybridized carbons (Fsp3) is 0.500. The minimum Gasteiger partial charge on any atom is -0.508 e. The first-order chi connectivity index (χ1) is 18.5. The first-order valence-corrected chi connectivity index (χ1v) is 14.1. The molecule has 5 atom stereocenters. The SMILES string of the molecule is CCC(C)C(N)C(=O)NC(CCSC)C(=O)NC(Cc1cnc[nH]1)C(=O)NC(Cc1ccc(O)cc1)C(=O)O. The summed E-state index contributed by atoms with van der Waals surface area (Å²) in [7, 11) is 0. The van der Waals surface area contributed by atoms with E-state index in [4.69, 9.17) is 5.73 Å². The quantitative estimate of drug-likeness (QED) is 0.153. The number of rotatable bonds is 16. The van der Waals surface area contributed by atoms with E-state index in [1.54, 1.807) is 12.1 Å². The second-order valence-electron chi connectivity index (χ2n) is 9.37. The third-order valence-corrected chi connectivity index (χ3v) is 7.05. The molecule has 1 heterocycles. The number of aromatic hydroxyl groups is 1. The van der Waals surface area contributed by atoms with Crippen LogP contribution in [0.25, 0.3) is 0 Å². The maximum Gasteiger partial charge on any atom is 0.326 e. The first kappa shape index (κ1) is 31.6. The highest BCUT2D eigenvalue weighted by Gasteiger charge is 2.31. The number of nitrogens with zero attached hydrogens (tertiary/aromatic N) is 1. The lowest BCUT2D eigenvalue weighted by atomic mass is 9.99. The number of carbonyl (C=O) groups excluding carboxylic acids is 3. The zero-order chi connectivity index (χ0) is 28.9. The number of nitrogens with two attached hydrogens (primary N) is 1. The molecule has 39 heavy (non-hydrogen) atoms. The molecule has 0 bridgehead atoms. The van der Waals surface area contributed by atoms with Crippen LogP contribution in [-0.4, -0.2) is 80.0 Å². The predicted molar refractivity (Wildman–Crippen MR) is 148 cm³/mol. The van der Waals surface area contributed by atoms with Crippen LogP contribution in [0.3, 0.4) is 0 Å². The van der Waals surface area contributed by atoms with Crippen molar-refractivity contribution in [1.82, 2.24) is 25.9 Å². The summed E-state index contributed by atoms with van der Waals surface area (Å²) in [5, 5.41) is 27.1. The number of aromatic nitrogens is 2. The number of carbonyl (C=O) groups is 4. The summed E-state index contributed by atoms with van der Waals surface area (Å²) in [6.45, 7) is 3.77. The Hall–Kier alpha value is -3.58. The van der Waals surface area contributed by atoms with Crippen LogP contribution in [0.4, 0.5) is 0 Å². The number of aromatic amines is 1. The minimum absolute atomic E-state index is 0.0126. The van der Waals surface area contributed by atoms with E-state index in [9.17, 15) is 29.4 Å². The molecule has 12 nitrogen and oxygen atoms in total. The maximum absolute atomic E-state index is 13.3. The van der Waals surface area contributed by atoms with Crippen LogP contribution in [0.1, 0.15) is 37.9 Å². The molecule has 2 rings (SSSR count). The molecule has 3 amide bonds. The number of thioether (sulfide) groups is 1. The van der Waals surface area contributed by atoms with E-state index in [0.29, 0.717) is 29.9 Å². The first-order valence-electron chi connectivity index (χ1n) is 12.7. The Kier molecular flexibility index (Phi) is 12.8. The molecule has 0 saturated heterocycles. The summed E-state index contributed by atoms with van der Waals surface area (Å²) < 4.78 is 0. The average Bonchev–Trinajstić information content (AvgIpc) is 3.43. The van der Waals surface area contributed by atoms with Crippen molar-refractivity contribution in [3.05, 3.63) is 48.0 Å². The van der Waals surface area contributed by atoms with Crippen LogP contribution in [0.5, 0.6) is 5.75 Å². The third-order valence-electron chi connectivity index (χ3n) is 6.41. The molecule has 214 valence electrons. The molecular formula is C26H38N6O6S. The number of carboxylic acid groups (broad SMARTS) is 1. The van der Waals surface area contributed by atoms with Crippen LogP contribution in [0.15, 0.2) is 36.8 Å². The van der Waals surface area contributed by atoms with E-state index in [-0.39, 0.29) is 24.5 Å². The third kappa shape index (κ3) is 10.2. The summed E-state index contributed by atoms with van der Waals surface area (Å²) in [6, 6.07) is 1.79. The van der Waals surface area contributed by atoms with Gasteiger partial charge in [0.2, 0.25) is 17.7 Å². The number of hydrogen-bond acceptors (Lipinski definition) is 8. The van der Waals surface area contributed by atoms with Gasteiger partial charge in [-0.1, -0.05) is 32.4 Å². The van der Waals surface area contributed by atoms with Crippen molar-refractivity contribution in [2.24, 2.45) is 11.7 Å². The molecule has 0 fully saturated rings. The highest BCUT2D eigenvalue weighted by Crippen LogP contribution is 2.12. The average molecular weight is 563 g/mol. The van der Waals surface area contributed by atoms with Gasteiger partial charge in [-0.15, -0.1) is 0 Å². The minimum atomic E-state index is -1.29. The Balaban J connectivity index is 2.21. The van der Waals surface area contributed by atoms with E-state index in [2.05, 4.69) is 25.9 Å².